The van der Waals surface area contributed by atoms with E-state index < -0.39 is 0 Å². The third-order valence-corrected chi connectivity index (χ3v) is 3.93. The van der Waals surface area contributed by atoms with Gasteiger partial charge in [-0.05, 0) is 44.0 Å². The number of nitrogens with one attached hydrogen (secondary N) is 1. The van der Waals surface area contributed by atoms with E-state index in [4.69, 9.17) is 0 Å². The minimum absolute atomic E-state index is 0.203. The molecule has 5 nitrogen and oxygen atoms in total. The lowest BCUT2D eigenvalue weighted by Gasteiger charge is -2.18. The molecule has 0 aliphatic heterocycles. The maximum Gasteiger partial charge on any atom is 0.272 e. The molecule has 0 radical (unpaired) electrons. The number of benzene rings is 1. The SMILES string of the molecule is CCN(CC)C(=O)c1cc(C(=O)NCCc2ccccc2F)ccn1. The summed E-state index contributed by atoms with van der Waals surface area (Å²) in [4.78, 5) is 30.3. The average Bonchev–Trinajstić information content (AvgIpc) is 2.64. The molecule has 0 fully saturated rings. The molecular weight excluding hydrogens is 321 g/mol. The Morgan fingerprint density at radius 2 is 1.88 bits per heavy atom. The van der Waals surface area contributed by atoms with Crippen molar-refractivity contribution < 1.29 is 14.0 Å². The zero-order valence-corrected chi connectivity index (χ0v) is 14.5. The van der Waals surface area contributed by atoms with Gasteiger partial charge in [-0.3, -0.25) is 14.6 Å². The monoisotopic (exact) mass is 343 g/mol. The van der Waals surface area contributed by atoms with Crippen molar-refractivity contribution in [1.82, 2.24) is 15.2 Å². The first-order valence-corrected chi connectivity index (χ1v) is 8.33. The van der Waals surface area contributed by atoms with E-state index in [-0.39, 0.29) is 23.3 Å². The van der Waals surface area contributed by atoms with Gasteiger partial charge in [0.1, 0.15) is 11.5 Å². The minimum Gasteiger partial charge on any atom is -0.352 e. The normalized spacial score (nSPS) is 10.4. The molecule has 132 valence electrons. The molecule has 2 rings (SSSR count). The van der Waals surface area contributed by atoms with E-state index in [0.717, 1.165) is 0 Å². The van der Waals surface area contributed by atoms with Crippen LogP contribution in [-0.4, -0.2) is 41.3 Å². The summed E-state index contributed by atoms with van der Waals surface area (Å²) in [6, 6.07) is 9.51. The van der Waals surface area contributed by atoms with E-state index in [9.17, 15) is 14.0 Å². The van der Waals surface area contributed by atoms with Crippen LogP contribution in [0.1, 0.15) is 40.3 Å². The van der Waals surface area contributed by atoms with Crippen molar-refractivity contribution in [3.63, 3.8) is 0 Å². The Morgan fingerprint density at radius 3 is 2.56 bits per heavy atom. The second-order valence-electron chi connectivity index (χ2n) is 5.50. The van der Waals surface area contributed by atoms with Crippen molar-refractivity contribution in [2.24, 2.45) is 0 Å². The Morgan fingerprint density at radius 1 is 1.16 bits per heavy atom. The van der Waals surface area contributed by atoms with E-state index in [1.165, 1.54) is 18.3 Å². The van der Waals surface area contributed by atoms with E-state index in [1.807, 2.05) is 13.8 Å². The number of aromatic nitrogens is 1. The van der Waals surface area contributed by atoms with Crippen molar-refractivity contribution in [2.75, 3.05) is 19.6 Å². The van der Waals surface area contributed by atoms with Gasteiger partial charge in [0.15, 0.2) is 0 Å². The van der Waals surface area contributed by atoms with Gasteiger partial charge in [-0.2, -0.15) is 0 Å². The molecule has 0 unspecified atom stereocenters. The molecule has 0 atom stereocenters. The number of rotatable bonds is 7. The number of hydrogen-bond donors (Lipinski definition) is 1. The highest BCUT2D eigenvalue weighted by molar-refractivity contribution is 5.98. The van der Waals surface area contributed by atoms with Crippen molar-refractivity contribution in [1.29, 1.82) is 0 Å². The van der Waals surface area contributed by atoms with E-state index in [1.54, 1.807) is 29.2 Å². The predicted molar refractivity (Wildman–Crippen MR) is 93.9 cm³/mol. The average molecular weight is 343 g/mol. The molecule has 2 aromatic rings. The highest BCUT2D eigenvalue weighted by Crippen LogP contribution is 2.08. The Hall–Kier alpha value is -2.76. The van der Waals surface area contributed by atoms with Crippen LogP contribution in [0.5, 0.6) is 0 Å². The summed E-state index contributed by atoms with van der Waals surface area (Å²) in [7, 11) is 0. The number of amides is 2. The van der Waals surface area contributed by atoms with Gasteiger partial charge >= 0.3 is 0 Å². The third-order valence-electron chi connectivity index (χ3n) is 3.93. The summed E-state index contributed by atoms with van der Waals surface area (Å²) in [5.41, 5.74) is 1.15. The first kappa shape index (κ1) is 18.6. The predicted octanol–water partition coefficient (Wildman–Crippen LogP) is 2.68. The minimum atomic E-state index is -0.313. The molecule has 1 N–H and O–H groups in total. The molecular formula is C19H22FN3O2. The summed E-state index contributed by atoms with van der Waals surface area (Å²) >= 11 is 0. The number of hydrogen-bond acceptors (Lipinski definition) is 3. The van der Waals surface area contributed by atoms with Crippen LogP contribution in [0.2, 0.25) is 0 Å². The molecule has 0 aliphatic carbocycles. The zero-order valence-electron chi connectivity index (χ0n) is 14.5. The first-order chi connectivity index (χ1) is 12.1. The Bertz CT molecular complexity index is 745. The van der Waals surface area contributed by atoms with Gasteiger partial charge in [-0.15, -0.1) is 0 Å². The standard InChI is InChI=1S/C19H22FN3O2/c1-3-23(4-2)19(25)17-13-15(10-11-21-17)18(24)22-12-9-14-7-5-6-8-16(14)20/h5-8,10-11,13H,3-4,9,12H2,1-2H3,(H,22,24). The van der Waals surface area contributed by atoms with Crippen molar-refractivity contribution in [3.05, 3.63) is 65.2 Å². The molecule has 0 saturated heterocycles. The van der Waals surface area contributed by atoms with Crippen LogP contribution in [0.25, 0.3) is 0 Å². The van der Waals surface area contributed by atoms with Crippen molar-refractivity contribution in [3.8, 4) is 0 Å². The number of carbonyl (C=O) groups excluding carboxylic acids is 2. The molecule has 2 amide bonds. The van der Waals surface area contributed by atoms with Gasteiger partial charge < -0.3 is 10.2 Å². The van der Waals surface area contributed by atoms with E-state index in [2.05, 4.69) is 10.3 Å². The van der Waals surface area contributed by atoms with Crippen molar-refractivity contribution in [2.45, 2.75) is 20.3 Å². The molecule has 25 heavy (non-hydrogen) atoms. The first-order valence-electron chi connectivity index (χ1n) is 8.33. The number of pyridine rings is 1. The fourth-order valence-electron chi connectivity index (χ4n) is 2.48. The topological polar surface area (TPSA) is 62.3 Å². The quantitative estimate of drug-likeness (QED) is 0.841. The molecule has 1 aromatic heterocycles. The second-order valence-corrected chi connectivity index (χ2v) is 5.50. The van der Waals surface area contributed by atoms with Crippen LogP contribution in [0, 0.1) is 5.82 Å². The number of carbonyl (C=O) groups is 2. The maximum atomic E-state index is 13.6. The lowest BCUT2D eigenvalue weighted by atomic mass is 10.1. The van der Waals surface area contributed by atoms with Crippen LogP contribution < -0.4 is 5.32 Å². The van der Waals surface area contributed by atoms with E-state index >= 15 is 0 Å². The van der Waals surface area contributed by atoms with Crippen molar-refractivity contribution >= 4 is 11.8 Å². The summed E-state index contributed by atoms with van der Waals surface area (Å²) in [6.45, 7) is 5.24. The molecule has 6 heteroatoms. The molecule has 1 aromatic carbocycles. The van der Waals surface area contributed by atoms with Gasteiger partial charge in [0, 0.05) is 31.4 Å². The Balaban J connectivity index is 1.99. The fourth-order valence-corrected chi connectivity index (χ4v) is 2.48. The zero-order chi connectivity index (χ0) is 18.2. The summed E-state index contributed by atoms with van der Waals surface area (Å²) in [5.74, 6) is -0.800. The van der Waals surface area contributed by atoms with Gasteiger partial charge in [-0.1, -0.05) is 18.2 Å². The molecule has 0 bridgehead atoms. The lowest BCUT2D eigenvalue weighted by molar-refractivity contribution is 0.0767. The van der Waals surface area contributed by atoms with Gasteiger partial charge in [0.25, 0.3) is 11.8 Å². The van der Waals surface area contributed by atoms with Crippen LogP contribution in [0.4, 0.5) is 4.39 Å². The van der Waals surface area contributed by atoms with Crippen LogP contribution in [0.3, 0.4) is 0 Å². The smallest absolute Gasteiger partial charge is 0.272 e. The summed E-state index contributed by atoms with van der Waals surface area (Å²) in [6.07, 6.45) is 1.84. The summed E-state index contributed by atoms with van der Waals surface area (Å²) in [5, 5.41) is 2.74. The highest BCUT2D eigenvalue weighted by Gasteiger charge is 2.16. The lowest BCUT2D eigenvalue weighted by Crippen LogP contribution is -2.31. The Labute approximate surface area is 146 Å². The van der Waals surface area contributed by atoms with Gasteiger partial charge in [-0.25, -0.2) is 4.39 Å². The fraction of sp³-hybridized carbons (Fsp3) is 0.316. The van der Waals surface area contributed by atoms with Gasteiger partial charge in [0.2, 0.25) is 0 Å². The van der Waals surface area contributed by atoms with E-state index in [0.29, 0.717) is 37.2 Å². The third kappa shape index (κ3) is 4.86. The molecule has 0 saturated carbocycles. The highest BCUT2D eigenvalue weighted by atomic mass is 19.1. The van der Waals surface area contributed by atoms with Crippen LogP contribution in [0.15, 0.2) is 42.6 Å². The molecule has 1 heterocycles. The second kappa shape index (κ2) is 8.92. The molecule has 0 aliphatic rings. The maximum absolute atomic E-state index is 13.6. The summed E-state index contributed by atoms with van der Waals surface area (Å²) < 4.78 is 13.6. The Kier molecular flexibility index (Phi) is 6.62. The van der Waals surface area contributed by atoms with Crippen LogP contribution >= 0.6 is 0 Å². The van der Waals surface area contributed by atoms with Crippen LogP contribution in [-0.2, 0) is 6.42 Å². The molecule has 0 spiro atoms. The largest absolute Gasteiger partial charge is 0.352 e. The number of nitrogens with zero attached hydrogens (tertiary/aromatic N) is 2. The number of halogens is 1. The van der Waals surface area contributed by atoms with Gasteiger partial charge in [0.05, 0.1) is 0 Å².